The molecule has 0 spiro atoms. The Bertz CT molecular complexity index is 1600. The number of para-hydroxylation sites is 1. The highest BCUT2D eigenvalue weighted by Gasteiger charge is 2.31. The molecule has 0 amide bonds. The minimum absolute atomic E-state index is 0.0569. The molecule has 4 rings (SSSR count). The Morgan fingerprint density at radius 3 is 2.37 bits per heavy atom. The highest BCUT2D eigenvalue weighted by molar-refractivity contribution is 7.87. The second-order valence-corrected chi connectivity index (χ2v) is 8.91. The van der Waals surface area contributed by atoms with Crippen molar-refractivity contribution in [3.63, 3.8) is 0 Å². The Morgan fingerprint density at radius 1 is 1.03 bits per heavy atom. The van der Waals surface area contributed by atoms with Crippen molar-refractivity contribution in [2.24, 2.45) is 0 Å². The van der Waals surface area contributed by atoms with Gasteiger partial charge in [0.05, 0.1) is 25.7 Å². The first kappa shape index (κ1) is 23.8. The van der Waals surface area contributed by atoms with E-state index in [1.807, 2.05) is 6.92 Å². The van der Waals surface area contributed by atoms with Crippen LogP contribution in [0.4, 0.5) is 0 Å². The third-order valence-corrected chi connectivity index (χ3v) is 6.38. The van der Waals surface area contributed by atoms with Gasteiger partial charge in [0.1, 0.15) is 16.4 Å². The molecule has 2 heterocycles. The van der Waals surface area contributed by atoms with Crippen LogP contribution in [-0.4, -0.2) is 34.6 Å². The van der Waals surface area contributed by atoms with Crippen LogP contribution in [0.5, 0.6) is 11.7 Å². The lowest BCUT2D eigenvalue weighted by atomic mass is 10.1. The molecular formula is C24H19NO9S. The smallest absolute Gasteiger partial charge is 0.345 e. The summed E-state index contributed by atoms with van der Waals surface area (Å²) < 4.78 is 47.1. The van der Waals surface area contributed by atoms with Crippen molar-refractivity contribution >= 4 is 44.2 Å². The Kier molecular flexibility index (Phi) is 6.18. The summed E-state index contributed by atoms with van der Waals surface area (Å²) in [4.78, 5) is 24.3. The summed E-state index contributed by atoms with van der Waals surface area (Å²) in [5.74, 6) is -2.94. The molecule has 2 aromatic carbocycles. The number of aryl methyl sites for hydroxylation is 1. The lowest BCUT2D eigenvalue weighted by molar-refractivity contribution is -0.488. The van der Waals surface area contributed by atoms with Crippen LogP contribution in [-0.2, 0) is 29.2 Å². The summed E-state index contributed by atoms with van der Waals surface area (Å²) in [7, 11) is -2.02. The quantitative estimate of drug-likeness (QED) is 0.170. The number of rotatable bonds is 6. The van der Waals surface area contributed by atoms with E-state index in [4.69, 9.17) is 13.3 Å². The fraction of sp³-hybridized carbons (Fsp3) is 0.125. The van der Waals surface area contributed by atoms with Crippen molar-refractivity contribution in [1.82, 2.24) is 0 Å². The van der Waals surface area contributed by atoms with Crippen LogP contribution in [0.1, 0.15) is 11.3 Å². The van der Waals surface area contributed by atoms with E-state index in [9.17, 15) is 23.1 Å². The molecule has 0 aliphatic carbocycles. The summed E-state index contributed by atoms with van der Waals surface area (Å²) >= 11 is 0. The fourth-order valence-corrected chi connectivity index (χ4v) is 4.41. The summed E-state index contributed by atoms with van der Waals surface area (Å²) in [6.07, 6.45) is 0.811. The number of oxazole rings is 1. The summed E-state index contributed by atoms with van der Waals surface area (Å²) in [6.45, 7) is 1.82. The van der Waals surface area contributed by atoms with E-state index in [1.54, 1.807) is 36.4 Å². The number of methoxy groups -OCH3 is 2. The van der Waals surface area contributed by atoms with E-state index >= 15 is 0 Å². The number of benzene rings is 2. The van der Waals surface area contributed by atoms with Gasteiger partial charge in [-0.1, -0.05) is 29.8 Å². The molecule has 11 heteroatoms. The molecule has 10 nitrogen and oxygen atoms in total. The van der Waals surface area contributed by atoms with Crippen molar-refractivity contribution in [2.45, 2.75) is 11.8 Å². The van der Waals surface area contributed by atoms with Crippen molar-refractivity contribution in [2.75, 3.05) is 14.2 Å². The normalized spacial score (nSPS) is 12.0. The van der Waals surface area contributed by atoms with Gasteiger partial charge >= 0.3 is 22.1 Å². The second kappa shape index (κ2) is 9.11. The number of hydrogen-bond donors (Lipinski definition) is 0. The van der Waals surface area contributed by atoms with Gasteiger partial charge in [-0.3, -0.25) is 0 Å². The molecule has 0 N–H and O–H groups in total. The topological polar surface area (TPSA) is 136 Å². The number of nitrogens with zero attached hydrogens (tertiary/aromatic N) is 1. The molecule has 0 radical (unpaired) electrons. The summed E-state index contributed by atoms with van der Waals surface area (Å²) in [5.41, 5.74) is 0.317. The van der Waals surface area contributed by atoms with Gasteiger partial charge in [0, 0.05) is 12.1 Å². The standard InChI is InChI=1S/C24H19NO9S/c1-14-8-10-15(11-9-14)35(29,30)34-19-13-20-25(18-7-5-4-6-16(18)19)22(24(28)33-20)17(23(27)32-3)12-21(26)31-2/h4-13H,1-3H3. The molecular weight excluding hydrogens is 478 g/mol. The van der Waals surface area contributed by atoms with E-state index in [0.29, 0.717) is 5.39 Å². The number of ether oxygens (including phenoxy) is 2. The van der Waals surface area contributed by atoms with Gasteiger partial charge in [-0.2, -0.15) is 8.42 Å². The Labute approximate surface area is 199 Å². The van der Waals surface area contributed by atoms with Gasteiger partial charge in [0.2, 0.25) is 11.2 Å². The first-order chi connectivity index (χ1) is 16.7. The molecule has 0 fully saturated rings. The molecule has 0 unspecified atom stereocenters. The molecule has 2 aromatic heterocycles. The van der Waals surface area contributed by atoms with E-state index in [1.165, 1.54) is 22.6 Å². The van der Waals surface area contributed by atoms with E-state index in [-0.39, 0.29) is 27.6 Å². The zero-order valence-electron chi connectivity index (χ0n) is 18.8. The molecule has 0 atom stereocenters. The van der Waals surface area contributed by atoms with Gasteiger partial charge in [-0.15, -0.1) is 4.40 Å². The minimum Gasteiger partial charge on any atom is -0.540 e. The first-order valence-corrected chi connectivity index (χ1v) is 11.5. The highest BCUT2D eigenvalue weighted by atomic mass is 32.2. The third kappa shape index (κ3) is 4.41. The zero-order valence-corrected chi connectivity index (χ0v) is 19.6. The number of pyridine rings is 1. The lowest BCUT2D eigenvalue weighted by Crippen LogP contribution is -2.28. The predicted molar refractivity (Wildman–Crippen MR) is 120 cm³/mol. The Hall–Kier alpha value is -4.38. The molecule has 0 aliphatic heterocycles. The number of aromatic nitrogens is 1. The van der Waals surface area contributed by atoms with Crippen molar-refractivity contribution in [3.05, 3.63) is 71.9 Å². The molecule has 4 aromatic rings. The van der Waals surface area contributed by atoms with Crippen LogP contribution in [0.3, 0.4) is 0 Å². The Balaban J connectivity index is 1.96. The van der Waals surface area contributed by atoms with Crippen LogP contribution < -0.4 is 13.7 Å². The number of fused-ring (bicyclic) bond motifs is 3. The first-order valence-electron chi connectivity index (χ1n) is 10.1. The van der Waals surface area contributed by atoms with Crippen LogP contribution in [0.25, 0.3) is 22.2 Å². The van der Waals surface area contributed by atoms with Gasteiger partial charge in [0.15, 0.2) is 5.75 Å². The maximum atomic E-state index is 12.9. The van der Waals surface area contributed by atoms with Crippen LogP contribution in [0.15, 0.2) is 70.0 Å². The monoisotopic (exact) mass is 497 g/mol. The van der Waals surface area contributed by atoms with E-state index in [0.717, 1.165) is 25.9 Å². The lowest BCUT2D eigenvalue weighted by Gasteiger charge is -2.09. The van der Waals surface area contributed by atoms with Crippen LogP contribution >= 0.6 is 0 Å². The second-order valence-electron chi connectivity index (χ2n) is 7.36. The molecule has 35 heavy (non-hydrogen) atoms. The zero-order chi connectivity index (χ0) is 25.3. The number of carbonyl (C=O) groups excluding carboxylic acids is 2. The Morgan fingerprint density at radius 2 is 1.71 bits per heavy atom. The summed E-state index contributed by atoms with van der Waals surface area (Å²) in [6, 6.07) is 13.7. The minimum atomic E-state index is -4.22. The molecule has 180 valence electrons. The SMILES string of the molecule is COC(=O)C=C(C(=O)OC)c1c([O-])oc2cc(OS(=O)(=O)c3ccc(C)cc3)c3ccccc3[n+]12. The van der Waals surface area contributed by atoms with Crippen molar-refractivity contribution in [3.8, 4) is 11.7 Å². The third-order valence-electron chi connectivity index (χ3n) is 5.13. The molecule has 0 aliphatic rings. The average Bonchev–Trinajstić information content (AvgIpc) is 3.17. The number of carbonyl (C=O) groups is 2. The fourth-order valence-electron chi connectivity index (χ4n) is 3.47. The number of hydrogen-bond acceptors (Lipinski definition) is 9. The molecule has 0 bridgehead atoms. The van der Waals surface area contributed by atoms with Crippen LogP contribution in [0.2, 0.25) is 0 Å². The maximum Gasteiger partial charge on any atom is 0.345 e. The average molecular weight is 497 g/mol. The van der Waals surface area contributed by atoms with E-state index < -0.39 is 33.6 Å². The van der Waals surface area contributed by atoms with Crippen molar-refractivity contribution < 1.29 is 45.6 Å². The molecule has 0 saturated heterocycles. The summed E-state index contributed by atoms with van der Waals surface area (Å²) in [5, 5.41) is 13.1. The van der Waals surface area contributed by atoms with Gasteiger partial charge in [-0.25, -0.2) is 9.59 Å². The van der Waals surface area contributed by atoms with Crippen molar-refractivity contribution in [1.29, 1.82) is 0 Å². The van der Waals surface area contributed by atoms with Gasteiger partial charge < -0.3 is 23.2 Å². The maximum absolute atomic E-state index is 12.9. The van der Waals surface area contributed by atoms with E-state index in [2.05, 4.69) is 4.74 Å². The number of esters is 2. The largest absolute Gasteiger partial charge is 0.540 e. The van der Waals surface area contributed by atoms with Crippen LogP contribution in [0, 0.1) is 6.92 Å². The van der Waals surface area contributed by atoms with Gasteiger partial charge in [-0.05, 0) is 25.1 Å². The van der Waals surface area contributed by atoms with Gasteiger partial charge in [0.25, 0.3) is 5.71 Å². The highest BCUT2D eigenvalue weighted by Crippen LogP contribution is 2.32. The predicted octanol–water partition coefficient (Wildman–Crippen LogP) is 2.05. The molecule has 0 saturated carbocycles.